The number of phosphoric ester groups is 1. The summed E-state index contributed by atoms with van der Waals surface area (Å²) in [6, 6.07) is 0. The molecule has 2 aliphatic rings. The molecule has 33 heteroatoms. The number of phosphoric acid groups is 4. The second-order valence-corrected chi connectivity index (χ2v) is 16.8. The van der Waals surface area contributed by atoms with Gasteiger partial charge in [-0.1, -0.05) is 0 Å². The van der Waals surface area contributed by atoms with E-state index in [1.807, 2.05) is 0 Å². The average Bonchev–Trinajstić information content (AvgIpc) is 3.80. The monoisotopic (exact) mass is 838 g/mol. The second-order valence-electron chi connectivity index (χ2n) is 10.8. The molecule has 0 aromatic carbocycles. The van der Waals surface area contributed by atoms with Crippen LogP contribution in [-0.2, 0) is 45.2 Å². The number of anilines is 2. The van der Waals surface area contributed by atoms with Gasteiger partial charge in [0.05, 0.1) is 32.0 Å². The van der Waals surface area contributed by atoms with Crippen molar-refractivity contribution in [3.8, 4) is 0 Å². The van der Waals surface area contributed by atoms with Crippen LogP contribution in [0.3, 0.4) is 0 Å². The van der Waals surface area contributed by atoms with Crippen LogP contribution in [0.4, 0.5) is 11.6 Å². The van der Waals surface area contributed by atoms with E-state index in [-0.39, 0.29) is 29.2 Å². The smallest absolute Gasteiger partial charge is 0.394 e. The van der Waals surface area contributed by atoms with E-state index in [1.54, 1.807) is 0 Å². The number of rotatable bonds is 12. The van der Waals surface area contributed by atoms with Crippen LogP contribution in [0.15, 0.2) is 25.3 Å². The molecule has 0 amide bonds. The van der Waals surface area contributed by atoms with Crippen molar-refractivity contribution in [3.05, 3.63) is 25.3 Å². The second kappa shape index (κ2) is 15.6. The lowest BCUT2D eigenvalue weighted by atomic mass is 10.1. The third kappa shape index (κ3) is 9.83. The molecule has 2 saturated heterocycles. The Labute approximate surface area is 293 Å². The summed E-state index contributed by atoms with van der Waals surface area (Å²) in [7, 11) is -23.0. The minimum absolute atomic E-state index is 0.0605. The number of aliphatic hydroxyl groups is 4. The molecule has 2 aliphatic heterocycles. The minimum atomic E-state index is -5.94. The van der Waals surface area contributed by atoms with Gasteiger partial charge in [-0.05, 0) is 0 Å². The first kappa shape index (κ1) is 41.2. The molecule has 6 heterocycles. The van der Waals surface area contributed by atoms with Crippen molar-refractivity contribution in [2.75, 3.05) is 24.7 Å². The maximum Gasteiger partial charge on any atom is 0.490 e. The van der Waals surface area contributed by atoms with Gasteiger partial charge in [0.15, 0.2) is 29.2 Å². The van der Waals surface area contributed by atoms with E-state index in [2.05, 4.69) is 47.4 Å². The normalized spacial score (nSPS) is 28.3. The van der Waals surface area contributed by atoms with Gasteiger partial charge < -0.3 is 65.8 Å². The predicted octanol–water partition coefficient (Wildman–Crippen LogP) is -2.46. The van der Waals surface area contributed by atoms with Crippen LogP contribution in [0, 0.1) is 0 Å². The third-order valence-electron chi connectivity index (χ3n) is 7.10. The molecule has 0 spiro atoms. The standard InChI is InChI=1S/C10H17N5O15P4.C10H13N5O4/c11-9-8-10(13-3-12-9)15(4-14-8)7-1-5(16)6(27-7)2-26-32(20,21)29-34(24,25)30-33(22,23)28-31(17,18)19;11-8-5-9(13-2-12-8)15(3-14-5)10-7(18)6(17)4(1-16)19-10/h3-7,16H,1-2H2,(H,20,21)(H,22,23)(H,24,25)(H2,11,12,13)(H2,17,18,19);2-4,6-7,10,16-18H,1H2,(H2,11,12,13)/t5-,6+,7+;4-,6-,7-,10-/m01/s1. The summed E-state index contributed by atoms with van der Waals surface area (Å²) in [6.07, 6.45) is -2.42. The predicted molar refractivity (Wildman–Crippen MR) is 168 cm³/mol. The maximum atomic E-state index is 11.9. The van der Waals surface area contributed by atoms with Crippen molar-refractivity contribution in [2.24, 2.45) is 0 Å². The van der Waals surface area contributed by atoms with Crippen molar-refractivity contribution in [1.82, 2.24) is 39.0 Å². The van der Waals surface area contributed by atoms with Gasteiger partial charge in [-0.25, -0.2) is 48.2 Å². The highest BCUT2D eigenvalue weighted by Crippen LogP contribution is 2.70. The summed E-state index contributed by atoms with van der Waals surface area (Å²) in [4.78, 5) is 68.6. The van der Waals surface area contributed by atoms with Crippen LogP contribution in [-0.4, -0.2) is 128 Å². The molecule has 0 bridgehead atoms. The number of fused-ring (bicyclic) bond motifs is 2. The van der Waals surface area contributed by atoms with Gasteiger partial charge in [-0.3, -0.25) is 13.7 Å². The Bertz CT molecular complexity index is 2130. The Morgan fingerprint density at radius 1 is 0.717 bits per heavy atom. The Hall–Kier alpha value is -2.98. The van der Waals surface area contributed by atoms with E-state index in [0.717, 1.165) is 0 Å². The molecule has 53 heavy (non-hydrogen) atoms. The minimum Gasteiger partial charge on any atom is -0.394 e. The number of hydrogen-bond acceptors (Lipinski definition) is 22. The molecule has 0 aliphatic carbocycles. The average molecular weight is 838 g/mol. The quantitative estimate of drug-likeness (QED) is 0.0659. The Kier molecular flexibility index (Phi) is 12.2. The largest absolute Gasteiger partial charge is 0.490 e. The molecule has 0 radical (unpaired) electrons. The number of nitrogen functional groups attached to an aromatic ring is 2. The molecule has 0 saturated carbocycles. The molecule has 29 nitrogen and oxygen atoms in total. The van der Waals surface area contributed by atoms with E-state index in [4.69, 9.17) is 40.7 Å². The molecular weight excluding hydrogens is 808 g/mol. The van der Waals surface area contributed by atoms with Crippen LogP contribution >= 0.6 is 31.3 Å². The van der Waals surface area contributed by atoms with Crippen LogP contribution in [0.1, 0.15) is 18.9 Å². The van der Waals surface area contributed by atoms with Crippen molar-refractivity contribution < 1.29 is 90.1 Å². The number of aliphatic hydroxyl groups excluding tert-OH is 4. The van der Waals surface area contributed by atoms with Gasteiger partial charge in [-0.15, -0.1) is 0 Å². The number of aromatic nitrogens is 8. The lowest BCUT2D eigenvalue weighted by molar-refractivity contribution is -0.0511. The van der Waals surface area contributed by atoms with Crippen LogP contribution in [0.2, 0.25) is 0 Å². The first-order valence-electron chi connectivity index (χ1n) is 14.2. The Morgan fingerprint density at radius 2 is 1.25 bits per heavy atom. The third-order valence-corrected chi connectivity index (χ3v) is 12.6. The molecule has 10 atom stereocenters. The molecule has 4 aromatic rings. The lowest BCUT2D eigenvalue weighted by Crippen LogP contribution is -2.33. The lowest BCUT2D eigenvalue weighted by Gasteiger charge is -2.20. The zero-order valence-electron chi connectivity index (χ0n) is 26.1. The number of ether oxygens (including phenoxy) is 2. The van der Waals surface area contributed by atoms with E-state index in [9.17, 15) is 43.4 Å². The Morgan fingerprint density at radius 3 is 1.79 bits per heavy atom. The fourth-order valence-corrected chi connectivity index (χ4v) is 9.36. The summed E-state index contributed by atoms with van der Waals surface area (Å²) < 4.78 is 74.3. The SMILES string of the molecule is Nc1ncnc2c1ncn2[C@@H]1O[C@H](CO)[C@@H](O)[C@H]1O.Nc1ncnc2c1ncn2[C@H]1C[C@H](O)[C@@H](COP(=O)(O)OP(=O)(O)OP(=O)(O)OP(=O)(O)O)O1. The maximum absolute atomic E-state index is 11.9. The topological polar surface area (TPSA) is 445 Å². The van der Waals surface area contributed by atoms with Gasteiger partial charge in [0.1, 0.15) is 54.3 Å². The van der Waals surface area contributed by atoms with E-state index < -0.39 is 87.5 Å². The summed E-state index contributed by atoms with van der Waals surface area (Å²) in [5.74, 6) is 0.310. The Balaban J connectivity index is 0.000000239. The number of hydrogen-bond donors (Lipinski definition) is 11. The zero-order chi connectivity index (χ0) is 39.1. The van der Waals surface area contributed by atoms with Gasteiger partial charge in [0.2, 0.25) is 0 Å². The number of nitrogens with zero attached hydrogens (tertiary/aromatic N) is 8. The van der Waals surface area contributed by atoms with Crippen molar-refractivity contribution in [2.45, 2.75) is 49.4 Å². The van der Waals surface area contributed by atoms with Gasteiger partial charge in [0, 0.05) is 6.42 Å². The van der Waals surface area contributed by atoms with Gasteiger partial charge in [-0.2, -0.15) is 12.9 Å². The molecular formula is C20H30N10O19P4. The van der Waals surface area contributed by atoms with Crippen LogP contribution < -0.4 is 11.5 Å². The van der Waals surface area contributed by atoms with Gasteiger partial charge >= 0.3 is 31.3 Å². The van der Waals surface area contributed by atoms with Crippen LogP contribution in [0.5, 0.6) is 0 Å². The molecule has 2 fully saturated rings. The molecule has 4 aromatic heterocycles. The van der Waals surface area contributed by atoms with Crippen molar-refractivity contribution in [1.29, 1.82) is 0 Å². The summed E-state index contributed by atoms with van der Waals surface area (Å²) in [6.45, 7) is -1.27. The first-order valence-corrected chi connectivity index (χ1v) is 20.3. The van der Waals surface area contributed by atoms with Crippen LogP contribution in [0.25, 0.3) is 22.3 Å². The van der Waals surface area contributed by atoms with Crippen molar-refractivity contribution >= 4 is 65.3 Å². The highest BCUT2D eigenvalue weighted by molar-refractivity contribution is 7.69. The van der Waals surface area contributed by atoms with E-state index in [1.165, 1.54) is 34.4 Å². The fourth-order valence-electron chi connectivity index (χ4n) is 4.90. The molecule has 6 rings (SSSR count). The van der Waals surface area contributed by atoms with Crippen molar-refractivity contribution in [3.63, 3.8) is 0 Å². The fraction of sp³-hybridized carbons (Fsp3) is 0.500. The highest BCUT2D eigenvalue weighted by atomic mass is 31.3. The van der Waals surface area contributed by atoms with Gasteiger partial charge in [0.25, 0.3) is 0 Å². The van der Waals surface area contributed by atoms with E-state index >= 15 is 0 Å². The molecule has 13 N–H and O–H groups in total. The summed E-state index contributed by atoms with van der Waals surface area (Å²) in [5, 5.41) is 38.9. The number of imidazole rings is 2. The number of nitrogens with two attached hydrogens (primary N) is 2. The summed E-state index contributed by atoms with van der Waals surface area (Å²) >= 11 is 0. The highest BCUT2D eigenvalue weighted by Gasteiger charge is 2.46. The molecule has 3 unspecified atom stereocenters. The first-order chi connectivity index (χ1) is 24.6. The zero-order valence-corrected chi connectivity index (χ0v) is 29.7. The molecule has 294 valence electrons. The van der Waals surface area contributed by atoms with E-state index in [0.29, 0.717) is 11.2 Å². The summed E-state index contributed by atoms with van der Waals surface area (Å²) in [5.41, 5.74) is 12.7.